The first-order chi connectivity index (χ1) is 8.74. The van der Waals surface area contributed by atoms with E-state index in [-0.39, 0.29) is 0 Å². The molecule has 0 radical (unpaired) electrons. The molecule has 1 aliphatic carbocycles. The topological polar surface area (TPSA) is 28.2 Å². The molecule has 0 saturated heterocycles. The molecule has 0 unspecified atom stereocenters. The van der Waals surface area contributed by atoms with Crippen LogP contribution in [-0.4, -0.2) is 25.1 Å². The summed E-state index contributed by atoms with van der Waals surface area (Å²) < 4.78 is 0. The van der Waals surface area contributed by atoms with Gasteiger partial charge in [-0.05, 0) is 37.4 Å². The number of aromatic nitrogens is 1. The Morgan fingerprint density at radius 1 is 1.61 bits per heavy atom. The monoisotopic (exact) mass is 263 g/mol. The molecule has 0 aliphatic heterocycles. The lowest BCUT2D eigenvalue weighted by Crippen LogP contribution is -2.27. The lowest BCUT2D eigenvalue weighted by molar-refractivity contribution is 0.751. The first kappa shape index (κ1) is 13.2. The molecule has 0 spiro atoms. The molecule has 96 valence electrons. The Morgan fingerprint density at radius 3 is 3.00 bits per heavy atom. The maximum atomic E-state index is 6.11. The van der Waals surface area contributed by atoms with Gasteiger partial charge in [0.05, 0.1) is 11.6 Å². The van der Waals surface area contributed by atoms with Gasteiger partial charge in [0.25, 0.3) is 0 Å². The molecule has 1 heterocycles. The minimum atomic E-state index is 0.601. The van der Waals surface area contributed by atoms with Gasteiger partial charge in [0.2, 0.25) is 0 Å². The molecule has 18 heavy (non-hydrogen) atoms. The number of hydrogen-bond acceptors (Lipinski definition) is 3. The van der Waals surface area contributed by atoms with Crippen molar-refractivity contribution in [2.24, 2.45) is 5.92 Å². The van der Waals surface area contributed by atoms with Gasteiger partial charge in [-0.15, -0.1) is 6.42 Å². The first-order valence-electron chi connectivity index (χ1n) is 6.22. The molecule has 0 aromatic carbocycles. The molecule has 2 rings (SSSR count). The van der Waals surface area contributed by atoms with Gasteiger partial charge in [0, 0.05) is 19.3 Å². The highest BCUT2D eigenvalue weighted by atomic mass is 35.5. The first-order valence-corrected chi connectivity index (χ1v) is 6.59. The lowest BCUT2D eigenvalue weighted by atomic mass is 10.2. The van der Waals surface area contributed by atoms with Gasteiger partial charge >= 0.3 is 0 Å². The van der Waals surface area contributed by atoms with Crippen molar-refractivity contribution in [2.45, 2.75) is 19.4 Å². The average molecular weight is 264 g/mol. The number of pyridine rings is 1. The Bertz CT molecular complexity index is 449. The van der Waals surface area contributed by atoms with Gasteiger partial charge in [0.15, 0.2) is 0 Å². The number of anilines is 1. The fourth-order valence-electron chi connectivity index (χ4n) is 1.93. The molecule has 1 N–H and O–H groups in total. The van der Waals surface area contributed by atoms with Crippen LogP contribution in [0.25, 0.3) is 0 Å². The van der Waals surface area contributed by atoms with E-state index in [4.69, 9.17) is 18.0 Å². The second kappa shape index (κ2) is 6.08. The molecule has 3 nitrogen and oxygen atoms in total. The zero-order valence-corrected chi connectivity index (χ0v) is 11.4. The van der Waals surface area contributed by atoms with Crippen LogP contribution in [0.5, 0.6) is 0 Å². The molecule has 1 fully saturated rings. The second-order valence-electron chi connectivity index (χ2n) is 4.69. The Morgan fingerprint density at radius 2 is 2.39 bits per heavy atom. The number of nitrogens with one attached hydrogen (secondary N) is 1. The van der Waals surface area contributed by atoms with Crippen LogP contribution in [0.4, 0.5) is 5.82 Å². The molecule has 4 heteroatoms. The zero-order valence-electron chi connectivity index (χ0n) is 10.6. The summed E-state index contributed by atoms with van der Waals surface area (Å²) in [4.78, 5) is 6.55. The standard InChI is InChI=1S/C14H18ClN3/c1-3-6-18(10-11-4-5-11)14-7-12(8-16-2)13(15)9-17-14/h1,7,9,11,16H,4-6,8,10H2,2H3. The summed E-state index contributed by atoms with van der Waals surface area (Å²) in [7, 11) is 1.90. The van der Waals surface area contributed by atoms with Gasteiger partial charge < -0.3 is 10.2 Å². The van der Waals surface area contributed by atoms with E-state index in [9.17, 15) is 0 Å². The maximum absolute atomic E-state index is 6.11. The third-order valence-corrected chi connectivity index (χ3v) is 3.41. The van der Waals surface area contributed by atoms with Gasteiger partial charge in [-0.1, -0.05) is 17.5 Å². The van der Waals surface area contributed by atoms with Crippen molar-refractivity contribution in [3.8, 4) is 12.3 Å². The summed E-state index contributed by atoms with van der Waals surface area (Å²) in [6.45, 7) is 2.34. The zero-order chi connectivity index (χ0) is 13.0. The van der Waals surface area contributed by atoms with E-state index in [1.54, 1.807) is 6.20 Å². The summed E-state index contributed by atoms with van der Waals surface area (Å²) in [5.41, 5.74) is 1.06. The number of rotatable bonds is 6. The van der Waals surface area contributed by atoms with Crippen molar-refractivity contribution in [3.63, 3.8) is 0 Å². The van der Waals surface area contributed by atoms with E-state index in [0.29, 0.717) is 11.6 Å². The van der Waals surface area contributed by atoms with Crippen molar-refractivity contribution in [1.29, 1.82) is 0 Å². The van der Waals surface area contributed by atoms with E-state index in [2.05, 4.69) is 21.1 Å². The van der Waals surface area contributed by atoms with E-state index in [1.807, 2.05) is 13.1 Å². The smallest absolute Gasteiger partial charge is 0.129 e. The molecule has 0 atom stereocenters. The highest BCUT2D eigenvalue weighted by Gasteiger charge is 2.24. The third-order valence-electron chi connectivity index (χ3n) is 3.07. The highest BCUT2D eigenvalue weighted by molar-refractivity contribution is 6.31. The lowest BCUT2D eigenvalue weighted by Gasteiger charge is -2.22. The maximum Gasteiger partial charge on any atom is 0.129 e. The molecule has 0 bridgehead atoms. The van der Waals surface area contributed by atoms with Crippen molar-refractivity contribution in [1.82, 2.24) is 10.3 Å². The Hall–Kier alpha value is -1.24. The van der Waals surface area contributed by atoms with Crippen LogP contribution in [-0.2, 0) is 6.54 Å². The van der Waals surface area contributed by atoms with E-state index >= 15 is 0 Å². The van der Waals surface area contributed by atoms with Gasteiger partial charge in [-0.2, -0.15) is 0 Å². The molecule has 0 amide bonds. The number of hydrogen-bond donors (Lipinski definition) is 1. The summed E-state index contributed by atoms with van der Waals surface area (Å²) >= 11 is 6.11. The van der Waals surface area contributed by atoms with E-state index < -0.39 is 0 Å². The van der Waals surface area contributed by atoms with Gasteiger partial charge in [0.1, 0.15) is 5.82 Å². The van der Waals surface area contributed by atoms with Crippen molar-refractivity contribution < 1.29 is 0 Å². The second-order valence-corrected chi connectivity index (χ2v) is 5.10. The fraction of sp³-hybridized carbons (Fsp3) is 0.500. The fourth-order valence-corrected chi connectivity index (χ4v) is 2.10. The quantitative estimate of drug-likeness (QED) is 0.799. The molecule has 1 aromatic rings. The van der Waals surface area contributed by atoms with Crippen LogP contribution in [0.1, 0.15) is 18.4 Å². The highest BCUT2D eigenvalue weighted by Crippen LogP contribution is 2.31. The number of halogens is 1. The summed E-state index contributed by atoms with van der Waals surface area (Å²) in [6.07, 6.45) is 9.75. The summed E-state index contributed by atoms with van der Waals surface area (Å²) in [5.74, 6) is 4.41. The van der Waals surface area contributed by atoms with Gasteiger partial charge in [-0.3, -0.25) is 0 Å². The molecular formula is C14H18ClN3. The van der Waals surface area contributed by atoms with E-state index in [1.165, 1.54) is 12.8 Å². The Labute approximate surface area is 114 Å². The van der Waals surface area contributed by atoms with Crippen molar-refractivity contribution in [3.05, 3.63) is 22.8 Å². The van der Waals surface area contributed by atoms with E-state index in [0.717, 1.165) is 30.4 Å². The third kappa shape index (κ3) is 3.38. The van der Waals surface area contributed by atoms with Crippen LogP contribution in [0.2, 0.25) is 5.02 Å². The average Bonchev–Trinajstić information content (AvgIpc) is 3.16. The summed E-state index contributed by atoms with van der Waals surface area (Å²) in [6, 6.07) is 2.03. The number of nitrogens with zero attached hydrogens (tertiary/aromatic N) is 2. The molecule has 1 saturated carbocycles. The Kier molecular flexibility index (Phi) is 4.46. The summed E-state index contributed by atoms with van der Waals surface area (Å²) in [5, 5.41) is 3.80. The van der Waals surface area contributed by atoms with Crippen LogP contribution >= 0.6 is 11.6 Å². The normalized spacial score (nSPS) is 14.3. The molecule has 1 aromatic heterocycles. The van der Waals surface area contributed by atoms with Crippen LogP contribution in [0.3, 0.4) is 0 Å². The number of terminal acetylenes is 1. The minimum absolute atomic E-state index is 0.601. The molecular weight excluding hydrogens is 246 g/mol. The minimum Gasteiger partial charge on any atom is -0.345 e. The SMILES string of the molecule is C#CCN(CC1CC1)c1cc(CNC)c(Cl)cn1. The predicted octanol–water partition coefficient (Wildman–Crippen LogP) is 2.30. The largest absolute Gasteiger partial charge is 0.345 e. The van der Waals surface area contributed by atoms with Gasteiger partial charge in [-0.25, -0.2) is 4.98 Å². The predicted molar refractivity (Wildman–Crippen MR) is 75.8 cm³/mol. The van der Waals surface area contributed by atoms with Crippen LogP contribution in [0, 0.1) is 18.3 Å². The van der Waals surface area contributed by atoms with Crippen LogP contribution < -0.4 is 10.2 Å². The van der Waals surface area contributed by atoms with Crippen molar-refractivity contribution >= 4 is 17.4 Å². The Balaban J connectivity index is 2.17. The van der Waals surface area contributed by atoms with Crippen LogP contribution in [0.15, 0.2) is 12.3 Å². The van der Waals surface area contributed by atoms with Crippen molar-refractivity contribution in [2.75, 3.05) is 25.0 Å². The molecule has 1 aliphatic rings.